The maximum Gasteiger partial charge on any atom is 0.270 e. The Morgan fingerprint density at radius 1 is 1.43 bits per heavy atom. The first-order valence-electron chi connectivity index (χ1n) is 6.53. The summed E-state index contributed by atoms with van der Waals surface area (Å²) < 4.78 is 1.13. The maximum absolute atomic E-state index is 12.4. The molecular formula is C15H14ClN3OS. The minimum atomic E-state index is -0.103. The van der Waals surface area contributed by atoms with Crippen molar-refractivity contribution in [3.8, 4) is 0 Å². The molecule has 0 aliphatic rings. The number of thiazole rings is 1. The van der Waals surface area contributed by atoms with Crippen LogP contribution in [0.2, 0.25) is 5.02 Å². The van der Waals surface area contributed by atoms with Crippen LogP contribution in [0.15, 0.2) is 36.5 Å². The van der Waals surface area contributed by atoms with Crippen LogP contribution in [0.4, 0.5) is 0 Å². The number of nitrogens with one attached hydrogen (secondary N) is 1. The van der Waals surface area contributed by atoms with E-state index in [-0.39, 0.29) is 11.9 Å². The first-order valence-corrected chi connectivity index (χ1v) is 7.72. The number of H-pyrrole nitrogens is 1. The van der Waals surface area contributed by atoms with Crippen LogP contribution in [0.25, 0.3) is 10.2 Å². The van der Waals surface area contributed by atoms with Gasteiger partial charge in [-0.25, -0.2) is 4.98 Å². The van der Waals surface area contributed by atoms with Gasteiger partial charge in [-0.3, -0.25) is 4.79 Å². The van der Waals surface area contributed by atoms with Gasteiger partial charge in [-0.1, -0.05) is 23.7 Å². The zero-order valence-corrected chi connectivity index (χ0v) is 13.2. The quantitative estimate of drug-likeness (QED) is 0.789. The standard InChI is InChI=1S/C15H14ClN3OS/c1-9(14-18-11-5-3-4-6-13(11)21-14)19(2)15(20)12-7-10(16)8-17-12/h3-9,17H,1-2H3/t9-/m1/s1. The highest BCUT2D eigenvalue weighted by Gasteiger charge is 2.22. The molecule has 0 bridgehead atoms. The van der Waals surface area contributed by atoms with E-state index in [2.05, 4.69) is 9.97 Å². The topological polar surface area (TPSA) is 49.0 Å². The molecule has 1 aromatic carbocycles. The Morgan fingerprint density at radius 3 is 2.86 bits per heavy atom. The van der Waals surface area contributed by atoms with Crippen LogP contribution in [0.1, 0.15) is 28.5 Å². The van der Waals surface area contributed by atoms with E-state index in [1.807, 2.05) is 31.2 Å². The number of carbonyl (C=O) groups excluding carboxylic acids is 1. The SMILES string of the molecule is C[C@H](c1nc2ccccc2s1)N(C)C(=O)c1cc(Cl)c[nH]1. The van der Waals surface area contributed by atoms with Gasteiger partial charge in [-0.2, -0.15) is 0 Å². The summed E-state index contributed by atoms with van der Waals surface area (Å²) in [6, 6.07) is 9.50. The number of nitrogens with zero attached hydrogens (tertiary/aromatic N) is 2. The number of halogens is 1. The third-order valence-electron chi connectivity index (χ3n) is 3.45. The summed E-state index contributed by atoms with van der Waals surface area (Å²) in [6.45, 7) is 1.97. The molecule has 0 fully saturated rings. The van der Waals surface area contributed by atoms with E-state index in [4.69, 9.17) is 11.6 Å². The van der Waals surface area contributed by atoms with Crippen molar-refractivity contribution in [2.75, 3.05) is 7.05 Å². The Bertz CT molecular complexity index is 762. The smallest absolute Gasteiger partial charge is 0.270 e. The molecule has 0 aliphatic heterocycles. The largest absolute Gasteiger partial charge is 0.356 e. The number of hydrogen-bond donors (Lipinski definition) is 1. The Balaban J connectivity index is 1.86. The average molecular weight is 320 g/mol. The monoisotopic (exact) mass is 319 g/mol. The number of amides is 1. The highest BCUT2D eigenvalue weighted by molar-refractivity contribution is 7.18. The summed E-state index contributed by atoms with van der Waals surface area (Å²) in [7, 11) is 1.77. The number of carbonyl (C=O) groups is 1. The molecule has 0 saturated carbocycles. The van der Waals surface area contributed by atoms with Gasteiger partial charge in [0, 0.05) is 13.2 Å². The Hall–Kier alpha value is -1.85. The lowest BCUT2D eigenvalue weighted by Crippen LogP contribution is -2.29. The van der Waals surface area contributed by atoms with Crippen LogP contribution in [-0.4, -0.2) is 27.8 Å². The molecule has 3 aromatic rings. The molecule has 0 unspecified atom stereocenters. The summed E-state index contributed by atoms with van der Waals surface area (Å²) in [5, 5.41) is 1.45. The van der Waals surface area contributed by atoms with Crippen molar-refractivity contribution in [3.63, 3.8) is 0 Å². The van der Waals surface area contributed by atoms with Crippen LogP contribution in [-0.2, 0) is 0 Å². The summed E-state index contributed by atoms with van der Waals surface area (Å²) in [4.78, 5) is 21.5. The highest BCUT2D eigenvalue weighted by atomic mass is 35.5. The van der Waals surface area contributed by atoms with Crippen molar-refractivity contribution in [1.29, 1.82) is 0 Å². The molecule has 2 heterocycles. The summed E-state index contributed by atoms with van der Waals surface area (Å²) in [6.07, 6.45) is 1.60. The molecule has 1 N–H and O–H groups in total. The zero-order chi connectivity index (χ0) is 15.0. The fourth-order valence-electron chi connectivity index (χ4n) is 2.09. The highest BCUT2D eigenvalue weighted by Crippen LogP contribution is 2.29. The number of hydrogen-bond acceptors (Lipinski definition) is 3. The van der Waals surface area contributed by atoms with Gasteiger partial charge in [0.2, 0.25) is 0 Å². The van der Waals surface area contributed by atoms with E-state index in [9.17, 15) is 4.79 Å². The van der Waals surface area contributed by atoms with Gasteiger partial charge in [0.25, 0.3) is 5.91 Å². The van der Waals surface area contributed by atoms with Gasteiger partial charge in [-0.15, -0.1) is 11.3 Å². The third-order valence-corrected chi connectivity index (χ3v) is 4.87. The van der Waals surface area contributed by atoms with Crippen LogP contribution >= 0.6 is 22.9 Å². The molecule has 1 amide bonds. The maximum atomic E-state index is 12.4. The number of fused-ring (bicyclic) bond motifs is 1. The van der Waals surface area contributed by atoms with Gasteiger partial charge in [0.1, 0.15) is 10.7 Å². The molecule has 0 saturated heterocycles. The number of benzene rings is 1. The minimum Gasteiger partial charge on any atom is -0.356 e. The first kappa shape index (κ1) is 14.1. The van der Waals surface area contributed by atoms with Crippen molar-refractivity contribution < 1.29 is 4.79 Å². The summed E-state index contributed by atoms with van der Waals surface area (Å²) in [5.41, 5.74) is 1.45. The number of rotatable bonds is 3. The van der Waals surface area contributed by atoms with Crippen LogP contribution in [0, 0.1) is 0 Å². The Kier molecular flexibility index (Phi) is 3.69. The predicted octanol–water partition coefficient (Wildman–Crippen LogP) is 4.11. The van der Waals surface area contributed by atoms with Crippen LogP contribution in [0.3, 0.4) is 0 Å². The minimum absolute atomic E-state index is 0.100. The second-order valence-corrected chi connectivity index (χ2v) is 6.34. The third kappa shape index (κ3) is 2.66. The molecule has 0 aliphatic carbocycles. The van der Waals surface area contributed by atoms with Gasteiger partial charge in [0.15, 0.2) is 0 Å². The van der Waals surface area contributed by atoms with E-state index in [0.29, 0.717) is 10.7 Å². The van der Waals surface area contributed by atoms with Gasteiger partial charge < -0.3 is 9.88 Å². The van der Waals surface area contributed by atoms with Gasteiger partial charge >= 0.3 is 0 Å². The molecule has 108 valence electrons. The Morgan fingerprint density at radius 2 is 2.19 bits per heavy atom. The van der Waals surface area contributed by atoms with Crippen molar-refractivity contribution >= 4 is 39.1 Å². The second-order valence-electron chi connectivity index (χ2n) is 4.84. The van der Waals surface area contributed by atoms with Gasteiger partial charge in [0.05, 0.1) is 21.3 Å². The average Bonchev–Trinajstić information content (AvgIpc) is 3.10. The summed E-state index contributed by atoms with van der Waals surface area (Å²) >= 11 is 7.46. The molecule has 1 atom stereocenters. The molecule has 4 nitrogen and oxygen atoms in total. The van der Waals surface area contributed by atoms with Crippen molar-refractivity contribution in [3.05, 3.63) is 52.3 Å². The lowest BCUT2D eigenvalue weighted by Gasteiger charge is -2.22. The predicted molar refractivity (Wildman–Crippen MR) is 85.9 cm³/mol. The van der Waals surface area contributed by atoms with Gasteiger partial charge in [-0.05, 0) is 25.1 Å². The van der Waals surface area contributed by atoms with E-state index in [1.54, 1.807) is 35.5 Å². The zero-order valence-electron chi connectivity index (χ0n) is 11.6. The van der Waals surface area contributed by atoms with E-state index in [1.165, 1.54) is 0 Å². The molecule has 21 heavy (non-hydrogen) atoms. The van der Waals surface area contributed by atoms with Crippen molar-refractivity contribution in [2.24, 2.45) is 0 Å². The molecule has 0 radical (unpaired) electrons. The second kappa shape index (κ2) is 5.50. The number of aromatic nitrogens is 2. The fourth-order valence-corrected chi connectivity index (χ4v) is 3.32. The summed E-state index contributed by atoms with van der Waals surface area (Å²) in [5.74, 6) is -0.103. The lowest BCUT2D eigenvalue weighted by molar-refractivity contribution is 0.0737. The normalized spacial score (nSPS) is 12.5. The molecule has 6 heteroatoms. The van der Waals surface area contributed by atoms with Crippen LogP contribution < -0.4 is 0 Å². The first-order chi connectivity index (χ1) is 10.1. The molecular weight excluding hydrogens is 306 g/mol. The number of para-hydroxylation sites is 1. The molecule has 2 aromatic heterocycles. The van der Waals surface area contributed by atoms with Crippen LogP contribution in [0.5, 0.6) is 0 Å². The van der Waals surface area contributed by atoms with Crippen molar-refractivity contribution in [2.45, 2.75) is 13.0 Å². The lowest BCUT2D eigenvalue weighted by atomic mass is 10.2. The Labute approximate surface area is 131 Å². The molecule has 0 spiro atoms. The van der Waals surface area contributed by atoms with E-state index in [0.717, 1.165) is 15.2 Å². The number of aromatic amines is 1. The van der Waals surface area contributed by atoms with E-state index < -0.39 is 0 Å². The van der Waals surface area contributed by atoms with E-state index >= 15 is 0 Å². The fraction of sp³-hybridized carbons (Fsp3) is 0.200. The van der Waals surface area contributed by atoms with Crippen molar-refractivity contribution in [1.82, 2.24) is 14.9 Å². The molecule has 3 rings (SSSR count).